The summed E-state index contributed by atoms with van der Waals surface area (Å²) in [5, 5.41) is 13.3. The zero-order valence-corrected chi connectivity index (χ0v) is 22.0. The molecule has 2 amide bonds. The highest BCUT2D eigenvalue weighted by Crippen LogP contribution is 2.24. The van der Waals surface area contributed by atoms with Gasteiger partial charge in [0.05, 0.1) is 4.92 Å². The van der Waals surface area contributed by atoms with Crippen molar-refractivity contribution in [1.29, 1.82) is 0 Å². The lowest BCUT2D eigenvalue weighted by Gasteiger charge is -2.23. The molecule has 0 saturated heterocycles. The molecule has 10 nitrogen and oxygen atoms in total. The molecule has 0 aliphatic carbocycles. The smallest absolute Gasteiger partial charge is 0.319 e. The number of carbonyl (C=O) groups is 2. The number of benzene rings is 3. The summed E-state index contributed by atoms with van der Waals surface area (Å²) < 4.78 is 24.2. The predicted octanol–water partition coefficient (Wildman–Crippen LogP) is 4.12. The van der Waals surface area contributed by atoms with Gasteiger partial charge in [0.25, 0.3) is 11.6 Å². The van der Waals surface area contributed by atoms with Crippen LogP contribution in [0.5, 0.6) is 0 Å². The Bertz CT molecular complexity index is 1370. The van der Waals surface area contributed by atoms with Gasteiger partial charge in [-0.25, -0.2) is 0 Å². The summed E-state index contributed by atoms with van der Waals surface area (Å²) in [6.45, 7) is 4.19. The number of amides is 2. The highest BCUT2D eigenvalue weighted by molar-refractivity contribution is 7.62. The largest absolute Gasteiger partial charge is 0.377 e. The van der Waals surface area contributed by atoms with E-state index < -0.39 is 33.2 Å². The second-order valence-corrected chi connectivity index (χ2v) is 8.85. The number of anilines is 1. The molecule has 0 spiro atoms. The molecule has 0 aliphatic rings. The van der Waals surface area contributed by atoms with Crippen molar-refractivity contribution in [3.63, 3.8) is 0 Å². The molecule has 0 bridgehead atoms. The maximum atomic E-state index is 12.4. The van der Waals surface area contributed by atoms with E-state index in [9.17, 15) is 28.1 Å². The number of rotatable bonds is 8. The lowest BCUT2D eigenvalue weighted by Crippen LogP contribution is -2.39. The Morgan fingerprint density at radius 1 is 0.946 bits per heavy atom. The first kappa shape index (κ1) is 29.1. The van der Waals surface area contributed by atoms with Gasteiger partial charge in [-0.1, -0.05) is 52.9 Å². The molecule has 0 N–H and O–H groups in total. The van der Waals surface area contributed by atoms with Crippen molar-refractivity contribution < 1.29 is 22.9 Å². The molecule has 3 rings (SSSR count). The molecule has 196 valence electrons. The van der Waals surface area contributed by atoms with Gasteiger partial charge in [0, 0.05) is 50.4 Å². The van der Waals surface area contributed by atoms with Gasteiger partial charge in [0.1, 0.15) is 5.92 Å². The van der Waals surface area contributed by atoms with E-state index in [1.165, 1.54) is 45.6 Å². The number of nitrogens with zero attached hydrogens (tertiary/aromatic N) is 4. The Kier molecular flexibility index (Phi) is 10.9. The number of nitro groups is 1. The summed E-state index contributed by atoms with van der Waals surface area (Å²) in [6.07, 6.45) is -0.0904. The Hall–Kier alpha value is -4.12. The van der Waals surface area contributed by atoms with E-state index in [0.29, 0.717) is 18.7 Å². The number of nitro benzene ring substituents is 1. The monoisotopic (exact) mass is 526 g/mol. The number of hydrogen-bond acceptors (Lipinski definition) is 7. The third kappa shape index (κ3) is 8.21. The molecular formula is C26H30N4O6S. The summed E-state index contributed by atoms with van der Waals surface area (Å²) in [5.74, 6) is -2.87. The molecule has 11 heteroatoms. The zero-order valence-electron chi connectivity index (χ0n) is 21.2. The summed E-state index contributed by atoms with van der Waals surface area (Å²) in [7, 11) is 1.19. The minimum atomic E-state index is -2.95. The van der Waals surface area contributed by atoms with Gasteiger partial charge in [-0.3, -0.25) is 19.7 Å². The molecule has 0 heterocycles. The number of non-ortho nitro benzene ring substituents is 1. The van der Waals surface area contributed by atoms with Gasteiger partial charge >= 0.3 is 10.5 Å². The summed E-state index contributed by atoms with van der Waals surface area (Å²) in [5.41, 5.74) is 1.64. The molecule has 0 aromatic heterocycles. The number of fused-ring (bicyclic) bond motifs is 1. The van der Waals surface area contributed by atoms with Crippen LogP contribution in [0, 0.1) is 16.0 Å². The summed E-state index contributed by atoms with van der Waals surface area (Å²) in [6, 6.07) is 20.2. The standard InChI is InChI=1S/C14H17N3O6S.C12H13N/c1-3-16(4-2)14(19)12(13(18)15-24(22)23)9-10-5-7-11(8-6-10)17(20)21;1-13(2)12-9-5-7-10-6-3-4-8-11(10)12/h5-8,12H,3-4,9H2,1-2H3;3-9H,1-2H3. The third-order valence-corrected chi connectivity index (χ3v) is 6.00. The number of carbonyl (C=O) groups excluding carboxylic acids is 2. The highest BCUT2D eigenvalue weighted by atomic mass is 32.2. The van der Waals surface area contributed by atoms with E-state index >= 15 is 0 Å². The van der Waals surface area contributed by atoms with Gasteiger partial charge in [-0.2, -0.15) is 8.42 Å². The van der Waals surface area contributed by atoms with Crippen molar-refractivity contribution in [2.24, 2.45) is 10.3 Å². The van der Waals surface area contributed by atoms with Crippen molar-refractivity contribution >= 4 is 44.5 Å². The van der Waals surface area contributed by atoms with Crippen LogP contribution >= 0.6 is 0 Å². The van der Waals surface area contributed by atoms with Crippen LogP contribution in [-0.2, 0) is 26.5 Å². The first-order chi connectivity index (χ1) is 17.6. The maximum absolute atomic E-state index is 12.4. The normalized spacial score (nSPS) is 11.0. The van der Waals surface area contributed by atoms with E-state index in [4.69, 9.17) is 0 Å². The fraction of sp³-hybridized carbons (Fsp3) is 0.308. The Labute approximate surface area is 217 Å². The SMILES string of the molecule is CCN(CC)C(=O)C(Cc1ccc([N+](=O)[O-])cc1)C(=O)N=S(=O)=O.CN(C)c1cccc2ccccc12. The van der Waals surface area contributed by atoms with Gasteiger partial charge in [0.2, 0.25) is 5.91 Å². The fourth-order valence-electron chi connectivity index (χ4n) is 3.76. The van der Waals surface area contributed by atoms with E-state index in [0.717, 1.165) is 0 Å². The van der Waals surface area contributed by atoms with Gasteiger partial charge < -0.3 is 9.80 Å². The van der Waals surface area contributed by atoms with Crippen LogP contribution < -0.4 is 4.90 Å². The van der Waals surface area contributed by atoms with Crippen LogP contribution in [0.3, 0.4) is 0 Å². The van der Waals surface area contributed by atoms with Crippen LogP contribution in [0.25, 0.3) is 10.8 Å². The molecule has 3 aromatic carbocycles. The maximum Gasteiger partial charge on any atom is 0.319 e. The van der Waals surface area contributed by atoms with E-state index in [1.54, 1.807) is 13.8 Å². The molecule has 0 saturated carbocycles. The molecule has 1 atom stereocenters. The second-order valence-electron chi connectivity index (χ2n) is 8.23. The van der Waals surface area contributed by atoms with Crippen LogP contribution in [0.2, 0.25) is 0 Å². The van der Waals surface area contributed by atoms with E-state index in [2.05, 4.69) is 65.8 Å². The van der Waals surface area contributed by atoms with Crippen molar-refractivity contribution in [2.75, 3.05) is 32.1 Å². The lowest BCUT2D eigenvalue weighted by molar-refractivity contribution is -0.384. The van der Waals surface area contributed by atoms with Crippen molar-refractivity contribution in [3.8, 4) is 0 Å². The average Bonchev–Trinajstić information content (AvgIpc) is 2.87. The molecule has 3 aromatic rings. The minimum absolute atomic E-state index is 0.0904. The van der Waals surface area contributed by atoms with Crippen LogP contribution in [0.4, 0.5) is 11.4 Å². The van der Waals surface area contributed by atoms with Crippen LogP contribution in [0.1, 0.15) is 19.4 Å². The average molecular weight is 527 g/mol. The summed E-state index contributed by atoms with van der Waals surface area (Å²) >= 11 is 0. The molecule has 1 unspecified atom stereocenters. The van der Waals surface area contributed by atoms with Crippen LogP contribution in [0.15, 0.2) is 71.1 Å². The fourth-order valence-corrected chi connectivity index (χ4v) is 4.03. The molecule has 0 aliphatic heterocycles. The topological polar surface area (TPSA) is 130 Å². The lowest BCUT2D eigenvalue weighted by atomic mass is 9.97. The zero-order chi connectivity index (χ0) is 27.5. The van der Waals surface area contributed by atoms with Crippen molar-refractivity contribution in [3.05, 3.63) is 82.4 Å². The second kappa shape index (κ2) is 13.8. The van der Waals surface area contributed by atoms with E-state index in [1.807, 2.05) is 0 Å². The van der Waals surface area contributed by atoms with Crippen molar-refractivity contribution in [1.82, 2.24) is 4.90 Å². The highest BCUT2D eigenvalue weighted by Gasteiger charge is 2.30. The van der Waals surface area contributed by atoms with Gasteiger partial charge in [-0.15, -0.1) is 0 Å². The molecule has 37 heavy (non-hydrogen) atoms. The first-order valence-corrected chi connectivity index (χ1v) is 12.6. The molecule has 0 radical (unpaired) electrons. The van der Waals surface area contributed by atoms with Crippen molar-refractivity contribution in [2.45, 2.75) is 20.3 Å². The minimum Gasteiger partial charge on any atom is -0.377 e. The van der Waals surface area contributed by atoms with Gasteiger partial charge in [-0.05, 0) is 37.3 Å². The quantitative estimate of drug-likeness (QED) is 0.245. The molecular weight excluding hydrogens is 496 g/mol. The predicted molar refractivity (Wildman–Crippen MR) is 143 cm³/mol. The van der Waals surface area contributed by atoms with E-state index in [-0.39, 0.29) is 12.1 Å². The first-order valence-electron chi connectivity index (χ1n) is 11.6. The molecule has 0 fully saturated rings. The Morgan fingerprint density at radius 3 is 2.08 bits per heavy atom. The van der Waals surface area contributed by atoms with Crippen LogP contribution in [-0.4, -0.2) is 57.2 Å². The Morgan fingerprint density at radius 2 is 1.54 bits per heavy atom. The third-order valence-electron chi connectivity index (χ3n) is 5.67. The van der Waals surface area contributed by atoms with Gasteiger partial charge in [0.15, 0.2) is 0 Å². The summed E-state index contributed by atoms with van der Waals surface area (Å²) in [4.78, 5) is 38.1. The number of hydrogen-bond donors (Lipinski definition) is 0. The Balaban J connectivity index is 0.000000308.